The highest BCUT2D eigenvalue weighted by molar-refractivity contribution is 7.17. The van der Waals surface area contributed by atoms with Crippen LogP contribution in [0.4, 0.5) is 5.13 Å². The number of thiazole rings is 1. The fourth-order valence-electron chi connectivity index (χ4n) is 2.21. The smallest absolute Gasteiger partial charge is 0.269 e. The first kappa shape index (κ1) is 16.7. The van der Waals surface area contributed by atoms with Crippen molar-refractivity contribution in [3.05, 3.63) is 45.4 Å². The van der Waals surface area contributed by atoms with E-state index in [-0.39, 0.29) is 5.91 Å². The van der Waals surface area contributed by atoms with Crippen LogP contribution in [0.3, 0.4) is 0 Å². The van der Waals surface area contributed by atoms with E-state index in [9.17, 15) is 4.79 Å². The van der Waals surface area contributed by atoms with Crippen LogP contribution in [0.25, 0.3) is 10.6 Å². The van der Waals surface area contributed by atoms with Gasteiger partial charge < -0.3 is 0 Å². The molecule has 2 aromatic heterocycles. The third kappa shape index (κ3) is 3.52. The molecule has 0 spiro atoms. The number of nitrogens with one attached hydrogen (secondary N) is 1. The molecule has 5 nitrogen and oxygen atoms in total. The number of aryl methyl sites for hydroxylation is 3. The van der Waals surface area contributed by atoms with E-state index in [2.05, 4.69) is 51.7 Å². The second-order valence-corrected chi connectivity index (χ2v) is 7.35. The summed E-state index contributed by atoms with van der Waals surface area (Å²) in [5.41, 5.74) is 3.05. The zero-order chi connectivity index (χ0) is 17.1. The van der Waals surface area contributed by atoms with Crippen molar-refractivity contribution in [1.82, 2.24) is 15.2 Å². The van der Waals surface area contributed by atoms with Crippen LogP contribution in [-0.4, -0.2) is 21.1 Å². The molecule has 0 atom stereocenters. The van der Waals surface area contributed by atoms with Crippen molar-refractivity contribution < 1.29 is 4.79 Å². The molecule has 1 aromatic carbocycles. The van der Waals surface area contributed by atoms with Crippen molar-refractivity contribution in [2.24, 2.45) is 0 Å². The SMILES string of the molecule is CCc1ccc(-c2nc(C)c(C(=O)Nc3nnc(CC)s3)s2)cc1. The molecule has 0 saturated heterocycles. The number of hydrogen-bond acceptors (Lipinski definition) is 6. The van der Waals surface area contributed by atoms with Gasteiger partial charge in [-0.15, -0.1) is 21.5 Å². The van der Waals surface area contributed by atoms with E-state index in [4.69, 9.17) is 0 Å². The highest BCUT2D eigenvalue weighted by atomic mass is 32.1. The summed E-state index contributed by atoms with van der Waals surface area (Å²) >= 11 is 2.80. The predicted octanol–water partition coefficient (Wildman–Crippen LogP) is 4.35. The topological polar surface area (TPSA) is 67.8 Å². The fourth-order valence-corrected chi connectivity index (χ4v) is 3.86. The maximum Gasteiger partial charge on any atom is 0.269 e. The Hall–Kier alpha value is -2.12. The van der Waals surface area contributed by atoms with Gasteiger partial charge >= 0.3 is 0 Å². The molecule has 0 fully saturated rings. The van der Waals surface area contributed by atoms with Crippen LogP contribution >= 0.6 is 22.7 Å². The van der Waals surface area contributed by atoms with Crippen LogP contribution in [0.2, 0.25) is 0 Å². The minimum atomic E-state index is -0.180. The van der Waals surface area contributed by atoms with E-state index >= 15 is 0 Å². The van der Waals surface area contributed by atoms with Gasteiger partial charge in [-0.3, -0.25) is 10.1 Å². The van der Waals surface area contributed by atoms with Crippen molar-refractivity contribution in [1.29, 1.82) is 0 Å². The van der Waals surface area contributed by atoms with Gasteiger partial charge in [0.1, 0.15) is 14.9 Å². The molecule has 0 radical (unpaired) electrons. The first-order valence-electron chi connectivity index (χ1n) is 7.81. The van der Waals surface area contributed by atoms with Gasteiger partial charge in [-0.25, -0.2) is 4.98 Å². The predicted molar refractivity (Wildman–Crippen MR) is 98.9 cm³/mol. The summed E-state index contributed by atoms with van der Waals surface area (Å²) < 4.78 is 0. The van der Waals surface area contributed by atoms with Crippen LogP contribution in [0.1, 0.15) is 39.8 Å². The number of aromatic nitrogens is 3. The summed E-state index contributed by atoms with van der Waals surface area (Å²) in [6.45, 7) is 5.99. The van der Waals surface area contributed by atoms with Crippen LogP contribution < -0.4 is 5.32 Å². The van der Waals surface area contributed by atoms with Crippen molar-refractivity contribution >= 4 is 33.7 Å². The van der Waals surface area contributed by atoms with Gasteiger partial charge in [0, 0.05) is 5.56 Å². The van der Waals surface area contributed by atoms with Crippen molar-refractivity contribution in [2.75, 3.05) is 5.32 Å². The molecule has 0 aliphatic heterocycles. The van der Waals surface area contributed by atoms with E-state index in [1.807, 2.05) is 13.8 Å². The minimum absolute atomic E-state index is 0.180. The van der Waals surface area contributed by atoms with E-state index < -0.39 is 0 Å². The Kier molecular flexibility index (Phi) is 5.01. The lowest BCUT2D eigenvalue weighted by Gasteiger charge is -1.99. The maximum absolute atomic E-state index is 12.5. The van der Waals surface area contributed by atoms with Crippen molar-refractivity contribution in [3.8, 4) is 10.6 Å². The minimum Gasteiger partial charge on any atom is -0.296 e. The standard InChI is InChI=1S/C17H18N4OS2/c1-4-11-6-8-12(9-7-11)16-18-10(3)14(24-16)15(22)19-17-21-20-13(5-2)23-17/h6-9H,4-5H2,1-3H3,(H,19,21,22). The molecule has 3 rings (SSSR count). The Morgan fingerprint density at radius 3 is 2.46 bits per heavy atom. The molecular formula is C17H18N4OS2. The first-order valence-corrected chi connectivity index (χ1v) is 9.44. The van der Waals surface area contributed by atoms with E-state index in [1.165, 1.54) is 28.2 Å². The molecule has 0 unspecified atom stereocenters. The second-order valence-electron chi connectivity index (χ2n) is 5.29. The summed E-state index contributed by atoms with van der Waals surface area (Å²) in [5.74, 6) is -0.180. The summed E-state index contributed by atoms with van der Waals surface area (Å²) in [4.78, 5) is 17.6. The Labute approximate surface area is 148 Å². The highest BCUT2D eigenvalue weighted by Crippen LogP contribution is 2.29. The number of hydrogen-bond donors (Lipinski definition) is 1. The van der Waals surface area contributed by atoms with Crippen molar-refractivity contribution in [3.63, 3.8) is 0 Å². The monoisotopic (exact) mass is 358 g/mol. The van der Waals surface area contributed by atoms with Gasteiger partial charge in [-0.2, -0.15) is 0 Å². The van der Waals surface area contributed by atoms with E-state index in [0.29, 0.717) is 10.0 Å². The Morgan fingerprint density at radius 2 is 1.83 bits per heavy atom. The normalized spacial score (nSPS) is 10.8. The van der Waals surface area contributed by atoms with Crippen LogP contribution in [-0.2, 0) is 12.8 Å². The first-order chi connectivity index (χ1) is 11.6. The second kappa shape index (κ2) is 7.19. The zero-order valence-electron chi connectivity index (χ0n) is 13.8. The lowest BCUT2D eigenvalue weighted by atomic mass is 10.1. The molecule has 1 N–H and O–H groups in total. The number of carbonyl (C=O) groups is 1. The molecular weight excluding hydrogens is 340 g/mol. The molecule has 1 amide bonds. The summed E-state index contributed by atoms with van der Waals surface area (Å²) in [6, 6.07) is 8.30. The van der Waals surface area contributed by atoms with Gasteiger partial charge in [0.05, 0.1) is 5.69 Å². The number of carbonyl (C=O) groups excluding carboxylic acids is 1. The average Bonchev–Trinajstić information content (AvgIpc) is 3.21. The lowest BCUT2D eigenvalue weighted by molar-refractivity contribution is 0.102. The number of benzene rings is 1. The molecule has 24 heavy (non-hydrogen) atoms. The third-order valence-electron chi connectivity index (χ3n) is 3.60. The number of nitrogens with zero attached hydrogens (tertiary/aromatic N) is 3. The molecule has 0 bridgehead atoms. The van der Waals surface area contributed by atoms with Crippen LogP contribution in [0, 0.1) is 6.92 Å². The number of amides is 1. The largest absolute Gasteiger partial charge is 0.296 e. The maximum atomic E-state index is 12.5. The van der Waals surface area contributed by atoms with Gasteiger partial charge in [0.25, 0.3) is 5.91 Å². The fraction of sp³-hybridized carbons (Fsp3) is 0.294. The molecule has 0 aliphatic carbocycles. The Morgan fingerprint density at radius 1 is 1.08 bits per heavy atom. The van der Waals surface area contributed by atoms with Gasteiger partial charge in [-0.05, 0) is 25.3 Å². The molecule has 3 aromatic rings. The van der Waals surface area contributed by atoms with Gasteiger partial charge in [-0.1, -0.05) is 49.4 Å². The van der Waals surface area contributed by atoms with Crippen molar-refractivity contribution in [2.45, 2.75) is 33.6 Å². The third-order valence-corrected chi connectivity index (χ3v) is 5.79. The highest BCUT2D eigenvalue weighted by Gasteiger charge is 2.17. The molecule has 0 saturated carbocycles. The summed E-state index contributed by atoms with van der Waals surface area (Å²) in [5, 5.41) is 13.1. The lowest BCUT2D eigenvalue weighted by Crippen LogP contribution is -2.11. The quantitative estimate of drug-likeness (QED) is 0.736. The van der Waals surface area contributed by atoms with E-state index in [0.717, 1.165) is 34.1 Å². The number of anilines is 1. The van der Waals surface area contributed by atoms with Crippen LogP contribution in [0.15, 0.2) is 24.3 Å². The van der Waals surface area contributed by atoms with E-state index in [1.54, 1.807) is 0 Å². The molecule has 2 heterocycles. The number of rotatable bonds is 5. The zero-order valence-corrected chi connectivity index (χ0v) is 15.4. The molecule has 7 heteroatoms. The van der Waals surface area contributed by atoms with Gasteiger partial charge in [0.2, 0.25) is 5.13 Å². The van der Waals surface area contributed by atoms with Gasteiger partial charge in [0.15, 0.2) is 0 Å². The average molecular weight is 358 g/mol. The molecule has 124 valence electrons. The summed E-state index contributed by atoms with van der Waals surface area (Å²) in [7, 11) is 0. The molecule has 0 aliphatic rings. The van der Waals surface area contributed by atoms with Crippen LogP contribution in [0.5, 0.6) is 0 Å². The Balaban J connectivity index is 1.80. The summed E-state index contributed by atoms with van der Waals surface area (Å²) in [6.07, 6.45) is 1.82. The Bertz CT molecular complexity index is 852.